The van der Waals surface area contributed by atoms with Gasteiger partial charge in [0, 0.05) is 12.4 Å². The Morgan fingerprint density at radius 2 is 2.22 bits per heavy atom. The predicted molar refractivity (Wildman–Crippen MR) is 84.5 cm³/mol. The Kier molecular flexibility index (Phi) is 6.04. The van der Waals surface area contributed by atoms with Gasteiger partial charge in [0.25, 0.3) is 0 Å². The first kappa shape index (κ1) is 17.8. The van der Waals surface area contributed by atoms with E-state index in [1.807, 2.05) is 6.92 Å². The number of rotatable bonds is 6. The van der Waals surface area contributed by atoms with Gasteiger partial charge in [-0.2, -0.15) is 18.4 Å². The van der Waals surface area contributed by atoms with Gasteiger partial charge in [0.05, 0.1) is 28.3 Å². The lowest BCUT2D eigenvalue weighted by Crippen LogP contribution is -2.10. The minimum absolute atomic E-state index is 0.0884. The van der Waals surface area contributed by atoms with Gasteiger partial charge in [0.1, 0.15) is 11.1 Å². The second kappa shape index (κ2) is 7.81. The topological polar surface area (TPSA) is 45.9 Å². The third kappa shape index (κ3) is 4.47. The number of halogens is 3. The van der Waals surface area contributed by atoms with E-state index in [0.29, 0.717) is 23.8 Å². The summed E-state index contributed by atoms with van der Waals surface area (Å²) in [7, 11) is 0. The van der Waals surface area contributed by atoms with Crippen molar-refractivity contribution in [1.29, 1.82) is 5.26 Å². The summed E-state index contributed by atoms with van der Waals surface area (Å²) in [6.45, 7) is 2.75. The first-order chi connectivity index (χ1) is 11.0. The molecule has 0 aromatic carbocycles. The van der Waals surface area contributed by atoms with E-state index in [0.717, 1.165) is 17.8 Å². The van der Waals surface area contributed by atoms with Crippen molar-refractivity contribution in [2.45, 2.75) is 18.1 Å². The predicted octanol–water partition coefficient (Wildman–Crippen LogP) is 4.83. The summed E-state index contributed by atoms with van der Waals surface area (Å²) < 4.78 is 45.0. The summed E-state index contributed by atoms with van der Waals surface area (Å²) >= 11 is 2.40. The van der Waals surface area contributed by atoms with Crippen LogP contribution < -0.4 is 0 Å². The molecular weight excluding hydrogens is 345 g/mol. The van der Waals surface area contributed by atoms with Crippen LogP contribution >= 0.6 is 23.1 Å². The van der Waals surface area contributed by atoms with Gasteiger partial charge in [0.15, 0.2) is 0 Å². The Hall–Kier alpha value is -1.56. The molecule has 2 aromatic heterocycles. The van der Waals surface area contributed by atoms with Crippen LogP contribution in [-0.2, 0) is 10.9 Å². The molecule has 23 heavy (non-hydrogen) atoms. The molecule has 2 heterocycles. The highest BCUT2D eigenvalue weighted by Gasteiger charge is 2.36. The maximum atomic E-state index is 13.3. The SMILES string of the molecule is CCOCCSc1nc(-c2cccs2)cc(C(F)(F)F)c1C#N. The van der Waals surface area contributed by atoms with Gasteiger partial charge < -0.3 is 4.74 Å². The standard InChI is InChI=1S/C15H13F3N2OS2/c1-2-21-5-7-23-14-10(9-19)11(15(16,17)18)8-12(20-14)13-4-3-6-22-13/h3-4,6,8H,2,5,7H2,1H3. The van der Waals surface area contributed by atoms with Crippen molar-refractivity contribution >= 4 is 23.1 Å². The van der Waals surface area contributed by atoms with E-state index in [1.54, 1.807) is 23.6 Å². The van der Waals surface area contributed by atoms with Crippen LogP contribution in [0, 0.1) is 11.3 Å². The minimum atomic E-state index is -4.60. The van der Waals surface area contributed by atoms with Gasteiger partial charge in [-0.15, -0.1) is 23.1 Å². The fourth-order valence-corrected chi connectivity index (χ4v) is 3.39. The maximum absolute atomic E-state index is 13.3. The van der Waals surface area contributed by atoms with Gasteiger partial charge in [-0.1, -0.05) is 6.07 Å². The van der Waals surface area contributed by atoms with Crippen molar-refractivity contribution in [2.75, 3.05) is 19.0 Å². The van der Waals surface area contributed by atoms with Crippen LogP contribution in [0.4, 0.5) is 13.2 Å². The zero-order valence-electron chi connectivity index (χ0n) is 12.2. The van der Waals surface area contributed by atoms with Crippen molar-refractivity contribution in [3.8, 4) is 16.6 Å². The zero-order valence-corrected chi connectivity index (χ0v) is 13.8. The molecule has 0 unspecified atom stereocenters. The number of alkyl halides is 3. The van der Waals surface area contributed by atoms with Crippen LogP contribution in [0.1, 0.15) is 18.1 Å². The van der Waals surface area contributed by atoms with Crippen LogP contribution in [0.3, 0.4) is 0 Å². The summed E-state index contributed by atoms with van der Waals surface area (Å²) in [4.78, 5) is 4.88. The Bertz CT molecular complexity index is 694. The lowest BCUT2D eigenvalue weighted by Gasteiger charge is -2.13. The lowest BCUT2D eigenvalue weighted by atomic mass is 10.1. The Labute approximate surface area is 140 Å². The minimum Gasteiger partial charge on any atom is -0.381 e. The number of thioether (sulfide) groups is 1. The molecule has 2 rings (SSSR count). The molecule has 0 N–H and O–H groups in total. The second-order valence-electron chi connectivity index (χ2n) is 4.37. The monoisotopic (exact) mass is 358 g/mol. The highest BCUT2D eigenvalue weighted by molar-refractivity contribution is 7.99. The van der Waals surface area contributed by atoms with Crippen LogP contribution in [0.25, 0.3) is 10.6 Å². The normalized spacial score (nSPS) is 11.4. The molecule has 3 nitrogen and oxygen atoms in total. The van der Waals surface area contributed by atoms with Crippen LogP contribution in [-0.4, -0.2) is 24.0 Å². The number of pyridine rings is 1. The molecular formula is C15H13F3N2OS2. The number of hydrogen-bond acceptors (Lipinski definition) is 5. The molecule has 0 saturated heterocycles. The van der Waals surface area contributed by atoms with Gasteiger partial charge in [-0.05, 0) is 24.4 Å². The molecule has 0 bridgehead atoms. The quantitative estimate of drug-likeness (QED) is 0.548. The van der Waals surface area contributed by atoms with Gasteiger partial charge in [0.2, 0.25) is 0 Å². The fourth-order valence-electron chi connectivity index (χ4n) is 1.85. The third-order valence-corrected chi connectivity index (χ3v) is 4.68. The molecule has 0 aliphatic carbocycles. The van der Waals surface area contributed by atoms with Crippen molar-refractivity contribution in [3.63, 3.8) is 0 Å². The number of thiophene rings is 1. The van der Waals surface area contributed by atoms with Gasteiger partial charge in [-0.3, -0.25) is 0 Å². The van der Waals surface area contributed by atoms with Crippen LogP contribution in [0.5, 0.6) is 0 Å². The molecule has 0 amide bonds. The molecule has 0 saturated carbocycles. The summed E-state index contributed by atoms with van der Waals surface area (Å²) in [6.07, 6.45) is -4.60. The number of ether oxygens (including phenoxy) is 1. The van der Waals surface area contributed by atoms with E-state index in [2.05, 4.69) is 4.98 Å². The van der Waals surface area contributed by atoms with Crippen LogP contribution in [0.15, 0.2) is 28.6 Å². The summed E-state index contributed by atoms with van der Waals surface area (Å²) in [5.74, 6) is 0.431. The van der Waals surface area contributed by atoms with E-state index < -0.39 is 17.3 Å². The third-order valence-electron chi connectivity index (χ3n) is 2.85. The van der Waals surface area contributed by atoms with E-state index in [4.69, 9.17) is 10.00 Å². The molecule has 0 aliphatic rings. The first-order valence-electron chi connectivity index (χ1n) is 6.74. The van der Waals surface area contributed by atoms with E-state index in [1.165, 1.54) is 11.3 Å². The number of nitriles is 1. The smallest absolute Gasteiger partial charge is 0.381 e. The highest BCUT2D eigenvalue weighted by atomic mass is 32.2. The zero-order chi connectivity index (χ0) is 16.9. The Morgan fingerprint density at radius 3 is 2.78 bits per heavy atom. The summed E-state index contributed by atoms with van der Waals surface area (Å²) in [6, 6.07) is 6.03. The van der Waals surface area contributed by atoms with Crippen molar-refractivity contribution in [1.82, 2.24) is 4.98 Å². The second-order valence-corrected chi connectivity index (χ2v) is 6.40. The first-order valence-corrected chi connectivity index (χ1v) is 8.60. The van der Waals surface area contributed by atoms with E-state index in [-0.39, 0.29) is 10.7 Å². The Balaban J connectivity index is 2.45. The lowest BCUT2D eigenvalue weighted by molar-refractivity contribution is -0.138. The molecule has 0 spiro atoms. The summed E-state index contributed by atoms with van der Waals surface area (Å²) in [5.41, 5.74) is -1.15. The van der Waals surface area contributed by atoms with E-state index in [9.17, 15) is 13.2 Å². The molecule has 0 atom stereocenters. The van der Waals surface area contributed by atoms with Crippen molar-refractivity contribution in [2.24, 2.45) is 0 Å². The van der Waals surface area contributed by atoms with E-state index >= 15 is 0 Å². The molecule has 0 fully saturated rings. The molecule has 0 aliphatic heterocycles. The number of nitrogens with zero attached hydrogens (tertiary/aromatic N) is 2. The fraction of sp³-hybridized carbons (Fsp3) is 0.333. The average molecular weight is 358 g/mol. The molecule has 2 aromatic rings. The molecule has 8 heteroatoms. The number of hydrogen-bond donors (Lipinski definition) is 0. The molecule has 122 valence electrons. The van der Waals surface area contributed by atoms with Gasteiger partial charge >= 0.3 is 6.18 Å². The Morgan fingerprint density at radius 1 is 1.43 bits per heavy atom. The number of aromatic nitrogens is 1. The highest BCUT2D eigenvalue weighted by Crippen LogP contribution is 2.38. The maximum Gasteiger partial charge on any atom is 0.417 e. The molecule has 0 radical (unpaired) electrons. The largest absolute Gasteiger partial charge is 0.417 e. The average Bonchev–Trinajstić information content (AvgIpc) is 3.04. The van der Waals surface area contributed by atoms with Crippen molar-refractivity contribution < 1.29 is 17.9 Å². The van der Waals surface area contributed by atoms with Crippen LogP contribution in [0.2, 0.25) is 0 Å². The van der Waals surface area contributed by atoms with Gasteiger partial charge in [-0.25, -0.2) is 4.98 Å². The van der Waals surface area contributed by atoms with Crippen molar-refractivity contribution in [3.05, 3.63) is 34.7 Å². The summed E-state index contributed by atoms with van der Waals surface area (Å²) in [5, 5.41) is 11.0.